The summed E-state index contributed by atoms with van der Waals surface area (Å²) in [5, 5.41) is 19.4. The van der Waals surface area contributed by atoms with Gasteiger partial charge in [0.05, 0.1) is 0 Å². The van der Waals surface area contributed by atoms with E-state index in [9.17, 15) is 10.2 Å². The van der Waals surface area contributed by atoms with Gasteiger partial charge < -0.3 is 10.2 Å². The molecule has 0 fully saturated rings. The fourth-order valence-corrected chi connectivity index (χ4v) is 3.18. The minimum absolute atomic E-state index is 0.498. The van der Waals surface area contributed by atoms with Gasteiger partial charge in [0.2, 0.25) is 0 Å². The van der Waals surface area contributed by atoms with Crippen LogP contribution in [-0.4, -0.2) is 16.0 Å². The van der Waals surface area contributed by atoms with E-state index < -0.39 is 5.79 Å². The lowest BCUT2D eigenvalue weighted by Crippen LogP contribution is -2.27. The molecule has 2 nitrogen and oxygen atoms in total. The highest BCUT2D eigenvalue weighted by molar-refractivity contribution is 4.81. The maximum absolute atomic E-state index is 9.68. The Morgan fingerprint density at radius 1 is 0.542 bits per heavy atom. The van der Waals surface area contributed by atoms with Crippen molar-refractivity contribution in [2.75, 3.05) is 0 Å². The molecule has 0 saturated heterocycles. The van der Waals surface area contributed by atoms with E-state index in [1.165, 1.54) is 77.0 Å². The van der Waals surface area contributed by atoms with E-state index in [1.54, 1.807) is 0 Å². The molecule has 0 unspecified atom stereocenters. The SMILES string of the molecule is CCCCCCCCC=CCCCCCCCCC(O)(O)CCC. The van der Waals surface area contributed by atoms with E-state index in [1.807, 2.05) is 6.92 Å². The van der Waals surface area contributed by atoms with Gasteiger partial charge in [-0.3, -0.25) is 0 Å². The van der Waals surface area contributed by atoms with Crippen molar-refractivity contribution >= 4 is 0 Å². The first kappa shape index (κ1) is 23.7. The zero-order chi connectivity index (χ0) is 17.9. The highest BCUT2D eigenvalue weighted by Crippen LogP contribution is 2.18. The second-order valence-electron chi connectivity index (χ2n) is 7.42. The summed E-state index contributed by atoms with van der Waals surface area (Å²) in [5.41, 5.74) is 0. The van der Waals surface area contributed by atoms with Crippen molar-refractivity contribution in [1.29, 1.82) is 0 Å². The first-order valence-electron chi connectivity index (χ1n) is 10.7. The summed E-state index contributed by atoms with van der Waals surface area (Å²) >= 11 is 0. The lowest BCUT2D eigenvalue weighted by Gasteiger charge is -2.20. The number of rotatable bonds is 18. The molecule has 0 aliphatic carbocycles. The molecule has 0 amide bonds. The fraction of sp³-hybridized carbons (Fsp3) is 0.909. The molecular formula is C22H44O2. The van der Waals surface area contributed by atoms with Crippen LogP contribution in [0.2, 0.25) is 0 Å². The van der Waals surface area contributed by atoms with Gasteiger partial charge in [0.1, 0.15) is 0 Å². The summed E-state index contributed by atoms with van der Waals surface area (Å²) < 4.78 is 0. The molecule has 0 aromatic rings. The summed E-state index contributed by atoms with van der Waals surface area (Å²) in [6.07, 6.45) is 24.6. The standard InChI is InChI=1S/C22H44O2/c1-3-5-6-7-8-9-10-11-12-13-14-15-16-17-18-19-21-22(23,24)20-4-2/h11-12,23-24H,3-10,13-21H2,1-2H3. The summed E-state index contributed by atoms with van der Waals surface area (Å²) in [6, 6.07) is 0. The van der Waals surface area contributed by atoms with Gasteiger partial charge in [-0.05, 0) is 32.1 Å². The topological polar surface area (TPSA) is 40.5 Å². The molecule has 0 atom stereocenters. The van der Waals surface area contributed by atoms with Crippen LogP contribution in [0.3, 0.4) is 0 Å². The van der Waals surface area contributed by atoms with E-state index in [4.69, 9.17) is 0 Å². The Morgan fingerprint density at radius 2 is 1.00 bits per heavy atom. The summed E-state index contributed by atoms with van der Waals surface area (Å²) in [6.45, 7) is 4.26. The third-order valence-electron chi connectivity index (χ3n) is 4.74. The fourth-order valence-electron chi connectivity index (χ4n) is 3.18. The zero-order valence-corrected chi connectivity index (χ0v) is 16.6. The van der Waals surface area contributed by atoms with Crippen molar-refractivity contribution in [3.8, 4) is 0 Å². The van der Waals surface area contributed by atoms with Gasteiger partial charge in [-0.1, -0.05) is 90.2 Å². The van der Waals surface area contributed by atoms with Crippen LogP contribution in [0, 0.1) is 0 Å². The van der Waals surface area contributed by atoms with Gasteiger partial charge in [0.25, 0.3) is 0 Å². The number of hydrogen-bond donors (Lipinski definition) is 2. The Kier molecular flexibility index (Phi) is 17.2. The number of hydrogen-bond acceptors (Lipinski definition) is 2. The first-order valence-corrected chi connectivity index (χ1v) is 10.7. The maximum Gasteiger partial charge on any atom is 0.162 e. The van der Waals surface area contributed by atoms with Crippen LogP contribution < -0.4 is 0 Å². The molecule has 0 saturated carbocycles. The van der Waals surface area contributed by atoms with Crippen molar-refractivity contribution in [2.45, 2.75) is 129 Å². The predicted molar refractivity (Wildman–Crippen MR) is 106 cm³/mol. The lowest BCUT2D eigenvalue weighted by molar-refractivity contribution is -0.171. The third-order valence-corrected chi connectivity index (χ3v) is 4.74. The Bertz CT molecular complexity index is 271. The number of allylic oxidation sites excluding steroid dienone is 2. The Morgan fingerprint density at radius 3 is 1.50 bits per heavy atom. The molecule has 0 aromatic heterocycles. The van der Waals surface area contributed by atoms with Crippen molar-refractivity contribution in [3.63, 3.8) is 0 Å². The van der Waals surface area contributed by atoms with Crippen molar-refractivity contribution in [1.82, 2.24) is 0 Å². The first-order chi connectivity index (χ1) is 11.6. The minimum atomic E-state index is -1.42. The number of aliphatic hydroxyl groups is 2. The Labute approximate surface area is 151 Å². The molecule has 0 bridgehead atoms. The van der Waals surface area contributed by atoms with Crippen molar-refractivity contribution < 1.29 is 10.2 Å². The lowest BCUT2D eigenvalue weighted by atomic mass is 10.0. The van der Waals surface area contributed by atoms with E-state index in [-0.39, 0.29) is 0 Å². The molecule has 0 radical (unpaired) electrons. The molecule has 0 aliphatic heterocycles. The largest absolute Gasteiger partial charge is 0.366 e. The predicted octanol–water partition coefficient (Wildman–Crippen LogP) is 6.90. The van der Waals surface area contributed by atoms with Crippen LogP contribution in [-0.2, 0) is 0 Å². The molecule has 2 N–H and O–H groups in total. The van der Waals surface area contributed by atoms with Gasteiger partial charge >= 0.3 is 0 Å². The van der Waals surface area contributed by atoms with Gasteiger partial charge in [-0.2, -0.15) is 0 Å². The van der Waals surface area contributed by atoms with Crippen LogP contribution in [0.25, 0.3) is 0 Å². The van der Waals surface area contributed by atoms with Crippen LogP contribution in [0.15, 0.2) is 12.2 Å². The van der Waals surface area contributed by atoms with Gasteiger partial charge in [-0.15, -0.1) is 0 Å². The molecule has 0 spiro atoms. The van der Waals surface area contributed by atoms with Gasteiger partial charge in [0.15, 0.2) is 5.79 Å². The quantitative estimate of drug-likeness (QED) is 0.162. The van der Waals surface area contributed by atoms with E-state index in [2.05, 4.69) is 19.1 Å². The molecule has 0 rings (SSSR count). The highest BCUT2D eigenvalue weighted by Gasteiger charge is 2.20. The molecule has 2 heteroatoms. The normalized spacial score (nSPS) is 12.3. The molecule has 144 valence electrons. The monoisotopic (exact) mass is 340 g/mol. The summed E-state index contributed by atoms with van der Waals surface area (Å²) in [4.78, 5) is 0. The van der Waals surface area contributed by atoms with Crippen LogP contribution in [0.4, 0.5) is 0 Å². The smallest absolute Gasteiger partial charge is 0.162 e. The zero-order valence-electron chi connectivity index (χ0n) is 16.6. The number of unbranched alkanes of at least 4 members (excludes halogenated alkanes) is 12. The summed E-state index contributed by atoms with van der Waals surface area (Å²) in [5.74, 6) is -1.42. The second-order valence-corrected chi connectivity index (χ2v) is 7.42. The second kappa shape index (κ2) is 17.5. The molecule has 24 heavy (non-hydrogen) atoms. The molecule has 0 aromatic carbocycles. The van der Waals surface area contributed by atoms with Gasteiger partial charge in [-0.25, -0.2) is 0 Å². The average molecular weight is 341 g/mol. The minimum Gasteiger partial charge on any atom is -0.366 e. The Balaban J connectivity index is 3.21. The highest BCUT2D eigenvalue weighted by atomic mass is 16.5. The van der Waals surface area contributed by atoms with Crippen LogP contribution >= 0.6 is 0 Å². The van der Waals surface area contributed by atoms with Crippen LogP contribution in [0.5, 0.6) is 0 Å². The third kappa shape index (κ3) is 18.0. The molecular weight excluding hydrogens is 296 g/mol. The molecule has 0 aliphatic rings. The van der Waals surface area contributed by atoms with Crippen LogP contribution in [0.1, 0.15) is 123 Å². The maximum atomic E-state index is 9.68. The van der Waals surface area contributed by atoms with Crippen molar-refractivity contribution in [2.24, 2.45) is 0 Å². The van der Waals surface area contributed by atoms with Crippen molar-refractivity contribution in [3.05, 3.63) is 12.2 Å². The molecule has 0 heterocycles. The van der Waals surface area contributed by atoms with Gasteiger partial charge in [0, 0.05) is 12.8 Å². The van der Waals surface area contributed by atoms with E-state index in [0.717, 1.165) is 19.3 Å². The average Bonchev–Trinajstić information content (AvgIpc) is 2.54. The summed E-state index contributed by atoms with van der Waals surface area (Å²) in [7, 11) is 0. The van der Waals surface area contributed by atoms with E-state index >= 15 is 0 Å². The Hall–Kier alpha value is -0.340. The van der Waals surface area contributed by atoms with E-state index in [0.29, 0.717) is 12.8 Å².